The van der Waals surface area contributed by atoms with Crippen molar-refractivity contribution in [2.75, 3.05) is 0 Å². The molecule has 0 saturated carbocycles. The fourth-order valence-electron chi connectivity index (χ4n) is 2.09. The van der Waals surface area contributed by atoms with Crippen LogP contribution in [0.25, 0.3) is 0 Å². The van der Waals surface area contributed by atoms with E-state index < -0.39 is 23.6 Å². The summed E-state index contributed by atoms with van der Waals surface area (Å²) in [7, 11) is 1.57. The quantitative estimate of drug-likeness (QED) is 0.881. The van der Waals surface area contributed by atoms with Gasteiger partial charge in [-0.25, -0.2) is 8.78 Å². The summed E-state index contributed by atoms with van der Waals surface area (Å²) in [6, 6.07) is 5.39. The molecule has 1 aromatic heterocycles. The van der Waals surface area contributed by atoms with Crippen LogP contribution < -0.4 is 10.9 Å². The van der Waals surface area contributed by atoms with E-state index in [0.29, 0.717) is 11.1 Å². The Bertz CT molecular complexity index is 828. The summed E-state index contributed by atoms with van der Waals surface area (Å²) >= 11 is 0. The first-order valence-corrected chi connectivity index (χ1v) is 6.87. The van der Waals surface area contributed by atoms with Crippen LogP contribution in [0.2, 0.25) is 0 Å². The second-order valence-corrected chi connectivity index (χ2v) is 5.29. The molecule has 0 fully saturated rings. The summed E-state index contributed by atoms with van der Waals surface area (Å²) in [6.45, 7) is 5.43. The first-order chi connectivity index (χ1) is 10.8. The van der Waals surface area contributed by atoms with E-state index in [9.17, 15) is 18.4 Å². The number of carbonyl (C=O) groups excluding carboxylic acids is 1. The minimum absolute atomic E-state index is 0.182. The highest BCUT2D eigenvalue weighted by Gasteiger charge is 2.18. The van der Waals surface area contributed by atoms with Gasteiger partial charge < -0.3 is 9.88 Å². The normalized spacial score (nSPS) is 11.8. The van der Waals surface area contributed by atoms with Crippen LogP contribution in [0.5, 0.6) is 0 Å². The number of nitrogens with one attached hydrogen (secondary N) is 1. The summed E-state index contributed by atoms with van der Waals surface area (Å²) in [4.78, 5) is 23.9. The van der Waals surface area contributed by atoms with Gasteiger partial charge in [0, 0.05) is 24.9 Å². The molecule has 0 saturated heterocycles. The fraction of sp³-hybridized carbons (Fsp3) is 0.176. The Morgan fingerprint density at radius 2 is 1.91 bits per heavy atom. The first-order valence-electron chi connectivity index (χ1n) is 6.87. The van der Waals surface area contributed by atoms with Crippen molar-refractivity contribution in [2.45, 2.75) is 13.0 Å². The molecule has 6 heteroatoms. The number of aryl methyl sites for hydroxylation is 1. The van der Waals surface area contributed by atoms with Gasteiger partial charge in [0.1, 0.15) is 0 Å². The summed E-state index contributed by atoms with van der Waals surface area (Å²) in [5.74, 6) is -2.47. The minimum atomic E-state index is -1.00. The highest BCUT2D eigenvalue weighted by molar-refractivity contribution is 5.94. The van der Waals surface area contributed by atoms with Gasteiger partial charge >= 0.3 is 0 Å². The van der Waals surface area contributed by atoms with Crippen molar-refractivity contribution in [3.8, 4) is 0 Å². The number of hydrogen-bond acceptors (Lipinski definition) is 2. The number of pyridine rings is 1. The maximum Gasteiger partial charge on any atom is 0.252 e. The van der Waals surface area contributed by atoms with Gasteiger partial charge in [-0.05, 0) is 30.7 Å². The van der Waals surface area contributed by atoms with E-state index in [1.165, 1.54) is 29.0 Å². The van der Waals surface area contributed by atoms with Crippen molar-refractivity contribution in [3.05, 3.63) is 81.8 Å². The van der Waals surface area contributed by atoms with E-state index >= 15 is 0 Å². The van der Waals surface area contributed by atoms with E-state index in [-0.39, 0.29) is 11.1 Å². The lowest BCUT2D eigenvalue weighted by Gasteiger charge is -2.19. The Morgan fingerprint density at radius 3 is 2.48 bits per heavy atom. The van der Waals surface area contributed by atoms with E-state index in [2.05, 4.69) is 11.9 Å². The van der Waals surface area contributed by atoms with Gasteiger partial charge in [0.15, 0.2) is 11.6 Å². The molecule has 23 heavy (non-hydrogen) atoms. The number of carbonyl (C=O) groups is 1. The number of benzene rings is 1. The van der Waals surface area contributed by atoms with Gasteiger partial charge in [-0.3, -0.25) is 9.59 Å². The summed E-state index contributed by atoms with van der Waals surface area (Å²) in [5, 5.41) is 2.67. The molecule has 1 amide bonds. The zero-order valence-corrected chi connectivity index (χ0v) is 12.8. The Hall–Kier alpha value is -2.76. The van der Waals surface area contributed by atoms with Crippen LogP contribution in [-0.2, 0) is 7.05 Å². The predicted octanol–water partition coefficient (Wildman–Crippen LogP) is 2.71. The molecule has 2 rings (SSSR count). The summed E-state index contributed by atoms with van der Waals surface area (Å²) < 4.78 is 27.8. The van der Waals surface area contributed by atoms with Crippen molar-refractivity contribution in [2.24, 2.45) is 7.05 Å². The molecule has 0 unspecified atom stereocenters. The SMILES string of the molecule is C=C(C)[C@H](NC(=O)c1ccn(C)c(=O)c1)c1ccc(F)c(F)c1. The molecule has 0 spiro atoms. The monoisotopic (exact) mass is 318 g/mol. The van der Waals surface area contributed by atoms with Gasteiger partial charge in [-0.1, -0.05) is 18.2 Å². The molecule has 1 aromatic carbocycles. The maximum absolute atomic E-state index is 13.4. The third-order valence-electron chi connectivity index (χ3n) is 3.41. The molecule has 4 nitrogen and oxygen atoms in total. The van der Waals surface area contributed by atoms with Crippen LogP contribution in [0.15, 0.2) is 53.5 Å². The Morgan fingerprint density at radius 1 is 1.22 bits per heavy atom. The van der Waals surface area contributed by atoms with Crippen LogP contribution in [0.3, 0.4) is 0 Å². The minimum Gasteiger partial charge on any atom is -0.341 e. The highest BCUT2D eigenvalue weighted by Crippen LogP contribution is 2.22. The van der Waals surface area contributed by atoms with Crippen LogP contribution in [0, 0.1) is 11.6 Å². The third-order valence-corrected chi connectivity index (χ3v) is 3.41. The zero-order valence-electron chi connectivity index (χ0n) is 12.8. The van der Waals surface area contributed by atoms with Crippen LogP contribution >= 0.6 is 0 Å². The Balaban J connectivity index is 2.30. The van der Waals surface area contributed by atoms with Gasteiger partial charge in [0.05, 0.1) is 6.04 Å². The predicted molar refractivity (Wildman–Crippen MR) is 83.1 cm³/mol. The number of rotatable bonds is 4. The molecule has 1 heterocycles. The van der Waals surface area contributed by atoms with E-state index in [1.54, 1.807) is 14.0 Å². The molecular formula is C17H16F2N2O2. The van der Waals surface area contributed by atoms with Crippen molar-refractivity contribution < 1.29 is 13.6 Å². The van der Waals surface area contributed by atoms with Crippen LogP contribution in [-0.4, -0.2) is 10.5 Å². The largest absolute Gasteiger partial charge is 0.341 e. The van der Waals surface area contributed by atoms with E-state index in [4.69, 9.17) is 0 Å². The van der Waals surface area contributed by atoms with Gasteiger partial charge in [-0.15, -0.1) is 0 Å². The molecule has 1 N–H and O–H groups in total. The van der Waals surface area contributed by atoms with Crippen molar-refractivity contribution in [1.29, 1.82) is 0 Å². The second kappa shape index (κ2) is 6.56. The lowest BCUT2D eigenvalue weighted by atomic mass is 10.00. The molecule has 120 valence electrons. The molecular weight excluding hydrogens is 302 g/mol. The van der Waals surface area contributed by atoms with Crippen molar-refractivity contribution in [3.63, 3.8) is 0 Å². The average molecular weight is 318 g/mol. The molecule has 0 aliphatic carbocycles. The number of nitrogens with zero attached hydrogens (tertiary/aromatic N) is 1. The zero-order chi connectivity index (χ0) is 17.1. The van der Waals surface area contributed by atoms with Crippen molar-refractivity contribution >= 4 is 5.91 Å². The lowest BCUT2D eigenvalue weighted by Crippen LogP contribution is -2.30. The maximum atomic E-state index is 13.4. The number of hydrogen-bond donors (Lipinski definition) is 1. The summed E-state index contributed by atoms with van der Waals surface area (Å²) in [5.41, 5.74) is 0.779. The second-order valence-electron chi connectivity index (χ2n) is 5.29. The van der Waals surface area contributed by atoms with Gasteiger partial charge in [0.2, 0.25) is 0 Å². The van der Waals surface area contributed by atoms with Crippen LogP contribution in [0.4, 0.5) is 8.78 Å². The lowest BCUT2D eigenvalue weighted by molar-refractivity contribution is 0.0942. The van der Waals surface area contributed by atoms with Gasteiger partial charge in [0.25, 0.3) is 11.5 Å². The summed E-state index contributed by atoms with van der Waals surface area (Å²) in [6.07, 6.45) is 1.48. The Kier molecular flexibility index (Phi) is 4.74. The third kappa shape index (κ3) is 3.71. The van der Waals surface area contributed by atoms with Crippen LogP contribution in [0.1, 0.15) is 28.9 Å². The average Bonchev–Trinajstić information content (AvgIpc) is 2.50. The van der Waals surface area contributed by atoms with Crippen molar-refractivity contribution in [1.82, 2.24) is 9.88 Å². The van der Waals surface area contributed by atoms with E-state index in [0.717, 1.165) is 12.1 Å². The molecule has 0 radical (unpaired) electrons. The van der Waals surface area contributed by atoms with E-state index in [1.807, 2.05) is 0 Å². The molecule has 2 aromatic rings. The highest BCUT2D eigenvalue weighted by atomic mass is 19.2. The molecule has 0 aliphatic heterocycles. The standard InChI is InChI=1S/C17H16F2N2O2/c1-10(2)16(11-4-5-13(18)14(19)8-11)20-17(23)12-6-7-21(3)15(22)9-12/h4-9,16H,1H2,2-3H3,(H,20,23)/t16-/m0/s1. The number of amides is 1. The van der Waals surface area contributed by atoms with Gasteiger partial charge in [-0.2, -0.15) is 0 Å². The number of aromatic nitrogens is 1. The number of halogens is 2. The smallest absolute Gasteiger partial charge is 0.252 e. The molecule has 0 bridgehead atoms. The fourth-order valence-corrected chi connectivity index (χ4v) is 2.09. The Labute approximate surface area is 132 Å². The topological polar surface area (TPSA) is 51.1 Å². The molecule has 1 atom stereocenters. The molecule has 0 aliphatic rings. The first kappa shape index (κ1) is 16.6.